The zero-order valence-corrected chi connectivity index (χ0v) is 15.9. The summed E-state index contributed by atoms with van der Waals surface area (Å²) in [5.74, 6) is 0.577. The summed E-state index contributed by atoms with van der Waals surface area (Å²) in [7, 11) is 0. The summed E-state index contributed by atoms with van der Waals surface area (Å²) in [5, 5.41) is 9.08. The normalized spacial score (nSPS) is 14.7. The smallest absolute Gasteiger partial charge is 0.295 e. The maximum Gasteiger partial charge on any atom is 0.295 e. The highest BCUT2D eigenvalue weighted by atomic mass is 16.2. The molecule has 1 aliphatic heterocycles. The molecular weight excluding hydrogens is 370 g/mol. The van der Waals surface area contributed by atoms with Crippen LogP contribution in [-0.2, 0) is 4.79 Å². The van der Waals surface area contributed by atoms with Crippen LogP contribution in [0.2, 0.25) is 0 Å². The van der Waals surface area contributed by atoms with Crippen molar-refractivity contribution in [3.63, 3.8) is 0 Å². The van der Waals surface area contributed by atoms with Crippen LogP contribution in [0.3, 0.4) is 0 Å². The Morgan fingerprint density at radius 1 is 1.07 bits per heavy atom. The molecule has 4 heterocycles. The molecule has 4 aromatic rings. The van der Waals surface area contributed by atoms with Gasteiger partial charge in [0.25, 0.3) is 11.7 Å². The second-order valence-corrected chi connectivity index (χ2v) is 7.05. The van der Waals surface area contributed by atoms with Crippen LogP contribution in [0.4, 0.5) is 5.82 Å². The van der Waals surface area contributed by atoms with E-state index < -0.39 is 11.7 Å². The number of rotatable bonds is 3. The molecule has 1 amide bonds. The molecule has 1 saturated heterocycles. The summed E-state index contributed by atoms with van der Waals surface area (Å²) >= 11 is 0. The fourth-order valence-electron chi connectivity index (χ4n) is 3.79. The SMILES string of the molecule is Cc1nnc2c(N3CCN(C(=O)C(=O)c4c[nH]c5ccccc45)CC3)nccn12. The number of hydrogen-bond acceptors (Lipinski definition) is 6. The predicted octanol–water partition coefficient (Wildman–Crippen LogP) is 1.45. The van der Waals surface area contributed by atoms with Crippen molar-refractivity contribution in [3.05, 3.63) is 54.2 Å². The number of para-hydroxylation sites is 1. The van der Waals surface area contributed by atoms with Crippen LogP contribution < -0.4 is 4.90 Å². The van der Waals surface area contributed by atoms with E-state index in [1.807, 2.05) is 41.8 Å². The van der Waals surface area contributed by atoms with Crippen LogP contribution in [0.15, 0.2) is 42.9 Å². The number of aromatic amines is 1. The molecule has 1 aromatic carbocycles. The molecule has 9 heteroatoms. The molecule has 1 aliphatic rings. The molecule has 0 radical (unpaired) electrons. The van der Waals surface area contributed by atoms with Crippen molar-refractivity contribution in [2.24, 2.45) is 0 Å². The minimum atomic E-state index is -0.482. The van der Waals surface area contributed by atoms with Crippen molar-refractivity contribution in [3.8, 4) is 0 Å². The second-order valence-electron chi connectivity index (χ2n) is 7.05. The Bertz CT molecular complexity index is 1230. The molecule has 29 heavy (non-hydrogen) atoms. The highest BCUT2D eigenvalue weighted by molar-refractivity contribution is 6.44. The summed E-state index contributed by atoms with van der Waals surface area (Å²) in [6.45, 7) is 3.93. The van der Waals surface area contributed by atoms with Gasteiger partial charge in [-0.25, -0.2) is 4.98 Å². The van der Waals surface area contributed by atoms with Gasteiger partial charge in [-0.2, -0.15) is 0 Å². The Hall–Kier alpha value is -3.75. The number of benzene rings is 1. The maximum atomic E-state index is 12.8. The number of aromatic nitrogens is 5. The average Bonchev–Trinajstić information content (AvgIpc) is 3.37. The number of amides is 1. The van der Waals surface area contributed by atoms with Gasteiger partial charge < -0.3 is 14.8 Å². The van der Waals surface area contributed by atoms with Crippen LogP contribution in [0.5, 0.6) is 0 Å². The molecule has 0 saturated carbocycles. The van der Waals surface area contributed by atoms with E-state index in [9.17, 15) is 9.59 Å². The van der Waals surface area contributed by atoms with E-state index in [-0.39, 0.29) is 0 Å². The van der Waals surface area contributed by atoms with Crippen molar-refractivity contribution in [2.45, 2.75) is 6.92 Å². The highest BCUT2D eigenvalue weighted by Gasteiger charge is 2.29. The van der Waals surface area contributed by atoms with Gasteiger partial charge in [0.15, 0.2) is 5.82 Å². The van der Waals surface area contributed by atoms with Gasteiger partial charge in [0, 0.05) is 55.7 Å². The van der Waals surface area contributed by atoms with Crippen molar-refractivity contribution in [2.75, 3.05) is 31.1 Å². The summed E-state index contributed by atoms with van der Waals surface area (Å²) in [4.78, 5) is 36.8. The zero-order valence-electron chi connectivity index (χ0n) is 15.9. The Balaban J connectivity index is 1.32. The first-order valence-electron chi connectivity index (χ1n) is 9.44. The lowest BCUT2D eigenvalue weighted by Gasteiger charge is -2.34. The van der Waals surface area contributed by atoms with E-state index >= 15 is 0 Å². The number of fused-ring (bicyclic) bond motifs is 2. The topological polar surface area (TPSA) is 99.5 Å². The third kappa shape index (κ3) is 2.82. The van der Waals surface area contributed by atoms with E-state index in [4.69, 9.17) is 0 Å². The number of ketones is 1. The molecule has 3 aromatic heterocycles. The third-order valence-electron chi connectivity index (χ3n) is 5.37. The monoisotopic (exact) mass is 389 g/mol. The van der Waals surface area contributed by atoms with Crippen molar-refractivity contribution in [1.82, 2.24) is 29.5 Å². The molecule has 0 spiro atoms. The van der Waals surface area contributed by atoms with E-state index in [0.29, 0.717) is 37.4 Å². The van der Waals surface area contributed by atoms with Crippen LogP contribution in [0.25, 0.3) is 16.6 Å². The van der Waals surface area contributed by atoms with Crippen molar-refractivity contribution < 1.29 is 9.59 Å². The summed E-state index contributed by atoms with van der Waals surface area (Å²) in [5.41, 5.74) is 1.95. The fraction of sp³-hybridized carbons (Fsp3) is 0.250. The lowest BCUT2D eigenvalue weighted by atomic mass is 10.1. The molecule has 0 unspecified atom stereocenters. The number of nitrogens with one attached hydrogen (secondary N) is 1. The molecule has 5 rings (SSSR count). The summed E-state index contributed by atoms with van der Waals surface area (Å²) in [6, 6.07) is 7.47. The van der Waals surface area contributed by atoms with Gasteiger partial charge in [-0.15, -0.1) is 10.2 Å². The lowest BCUT2D eigenvalue weighted by Crippen LogP contribution is -2.51. The van der Waals surface area contributed by atoms with Crippen LogP contribution >= 0.6 is 0 Å². The van der Waals surface area contributed by atoms with E-state index in [2.05, 4.69) is 25.1 Å². The number of anilines is 1. The molecule has 1 fully saturated rings. The van der Waals surface area contributed by atoms with Gasteiger partial charge in [0.05, 0.1) is 5.56 Å². The van der Waals surface area contributed by atoms with E-state index in [1.165, 1.54) is 0 Å². The standard InChI is InChI=1S/C20H19N7O2/c1-13-23-24-19-18(21-6-7-27(13)19)25-8-10-26(11-9-25)20(29)17(28)15-12-22-16-5-3-2-4-14(15)16/h2-7,12,22H,8-11H2,1H3. The average molecular weight is 389 g/mol. The first kappa shape index (κ1) is 17.4. The molecule has 0 bridgehead atoms. The van der Waals surface area contributed by atoms with Gasteiger partial charge in [-0.1, -0.05) is 18.2 Å². The summed E-state index contributed by atoms with van der Waals surface area (Å²) < 4.78 is 1.89. The molecule has 9 nitrogen and oxygen atoms in total. The zero-order chi connectivity index (χ0) is 20.0. The van der Waals surface area contributed by atoms with Crippen LogP contribution in [0.1, 0.15) is 16.2 Å². The minimum absolute atomic E-state index is 0.415. The predicted molar refractivity (Wildman–Crippen MR) is 107 cm³/mol. The van der Waals surface area contributed by atoms with Crippen molar-refractivity contribution in [1.29, 1.82) is 0 Å². The molecule has 0 atom stereocenters. The second kappa shape index (κ2) is 6.69. The lowest BCUT2D eigenvalue weighted by molar-refractivity contribution is -0.126. The first-order valence-corrected chi connectivity index (χ1v) is 9.44. The first-order chi connectivity index (χ1) is 14.1. The molecule has 0 aliphatic carbocycles. The number of piperazine rings is 1. The van der Waals surface area contributed by atoms with Gasteiger partial charge in [-0.3, -0.25) is 14.0 Å². The molecule has 146 valence electrons. The Kier molecular flexibility index (Phi) is 4.01. The molecule has 1 N–H and O–H groups in total. The van der Waals surface area contributed by atoms with E-state index in [0.717, 1.165) is 22.5 Å². The van der Waals surface area contributed by atoms with Gasteiger partial charge >= 0.3 is 0 Å². The van der Waals surface area contributed by atoms with Gasteiger partial charge in [0.2, 0.25) is 5.65 Å². The fourth-order valence-corrected chi connectivity index (χ4v) is 3.79. The number of carbonyl (C=O) groups is 2. The number of aryl methyl sites for hydroxylation is 1. The van der Waals surface area contributed by atoms with Crippen LogP contribution in [-0.4, -0.2) is 67.3 Å². The Morgan fingerprint density at radius 3 is 2.69 bits per heavy atom. The number of carbonyl (C=O) groups excluding carboxylic acids is 2. The van der Waals surface area contributed by atoms with E-state index in [1.54, 1.807) is 17.3 Å². The Labute approximate surface area is 166 Å². The van der Waals surface area contributed by atoms with Gasteiger partial charge in [0.1, 0.15) is 5.82 Å². The number of Topliss-reactive ketones (excluding diaryl/α,β-unsaturated/α-hetero) is 1. The summed E-state index contributed by atoms with van der Waals surface area (Å²) in [6.07, 6.45) is 5.16. The minimum Gasteiger partial charge on any atom is -0.360 e. The van der Waals surface area contributed by atoms with Crippen LogP contribution in [0, 0.1) is 6.92 Å². The quantitative estimate of drug-likeness (QED) is 0.421. The third-order valence-corrected chi connectivity index (χ3v) is 5.37. The number of H-pyrrole nitrogens is 1. The largest absolute Gasteiger partial charge is 0.360 e. The Morgan fingerprint density at radius 2 is 1.86 bits per heavy atom. The van der Waals surface area contributed by atoms with Gasteiger partial charge in [-0.05, 0) is 13.0 Å². The number of hydrogen-bond donors (Lipinski definition) is 1. The maximum absolute atomic E-state index is 12.8. The van der Waals surface area contributed by atoms with Crippen molar-refractivity contribution >= 4 is 34.1 Å². The number of nitrogens with zero attached hydrogens (tertiary/aromatic N) is 6. The highest BCUT2D eigenvalue weighted by Crippen LogP contribution is 2.21. The molecular formula is C20H19N7O2.